The zero-order valence-electron chi connectivity index (χ0n) is 15.5. The maximum absolute atomic E-state index is 12.5. The molecule has 0 aliphatic rings. The van der Waals surface area contributed by atoms with Crippen LogP contribution in [0.1, 0.15) is 11.1 Å². The molecule has 0 atom stereocenters. The Morgan fingerprint density at radius 2 is 1.44 bits per heavy atom. The molecule has 0 saturated heterocycles. The Kier molecular flexibility index (Phi) is 6.47. The number of methoxy groups -OCH3 is 1. The van der Waals surface area contributed by atoms with E-state index in [2.05, 4.69) is 22.3 Å². The van der Waals surface area contributed by atoms with E-state index in [1.54, 1.807) is 7.11 Å². The second-order valence-corrected chi connectivity index (χ2v) is 6.30. The number of nitrogens with one attached hydrogen (secondary N) is 1. The van der Waals surface area contributed by atoms with Gasteiger partial charge in [-0.3, -0.25) is 4.79 Å². The number of carbonyl (C=O) groups excluding carboxylic acids is 1. The van der Waals surface area contributed by atoms with Crippen LogP contribution in [0.4, 0.5) is 5.69 Å². The van der Waals surface area contributed by atoms with Gasteiger partial charge in [0.05, 0.1) is 13.7 Å². The maximum Gasteiger partial charge on any atom is 0.239 e. The average Bonchev–Trinajstić information content (AvgIpc) is 2.73. The molecule has 3 aromatic rings. The Balaban J connectivity index is 1.69. The molecule has 0 radical (unpaired) electrons. The highest BCUT2D eigenvalue weighted by Crippen LogP contribution is 2.21. The second kappa shape index (κ2) is 9.43. The number of rotatable bonds is 8. The molecule has 138 valence electrons. The number of nitrogens with zero attached hydrogens (tertiary/aromatic N) is 1. The average molecular weight is 360 g/mol. The monoisotopic (exact) mass is 360 g/mol. The summed E-state index contributed by atoms with van der Waals surface area (Å²) in [5.74, 6) is 0.789. The maximum atomic E-state index is 12.5. The summed E-state index contributed by atoms with van der Waals surface area (Å²) < 4.78 is 5.24. The van der Waals surface area contributed by atoms with E-state index in [1.165, 1.54) is 0 Å². The van der Waals surface area contributed by atoms with Crippen LogP contribution >= 0.6 is 0 Å². The summed E-state index contributed by atoms with van der Waals surface area (Å²) in [6, 6.07) is 27.9. The minimum atomic E-state index is -0.00870. The van der Waals surface area contributed by atoms with Crippen molar-refractivity contribution in [2.75, 3.05) is 18.6 Å². The third-order valence-electron chi connectivity index (χ3n) is 4.32. The summed E-state index contributed by atoms with van der Waals surface area (Å²) in [5, 5.41) is 3.00. The lowest BCUT2D eigenvalue weighted by Crippen LogP contribution is -2.36. The standard InChI is InChI=1S/C23H24N2O2/c1-27-22-14-12-21(13-15-22)25(17-20-10-6-3-7-11-20)18-23(26)24-16-19-8-4-2-5-9-19/h2-15H,16-18H2,1H3,(H,24,26). The minimum absolute atomic E-state index is 0.00870. The summed E-state index contributed by atoms with van der Waals surface area (Å²) in [4.78, 5) is 14.6. The molecule has 4 heteroatoms. The van der Waals surface area contributed by atoms with Crippen molar-refractivity contribution in [3.8, 4) is 5.75 Å². The molecule has 3 aromatic carbocycles. The highest BCUT2D eigenvalue weighted by Gasteiger charge is 2.12. The number of carbonyl (C=O) groups is 1. The van der Waals surface area contributed by atoms with E-state index < -0.39 is 0 Å². The number of ether oxygens (including phenoxy) is 1. The van der Waals surface area contributed by atoms with Crippen LogP contribution < -0.4 is 15.0 Å². The largest absolute Gasteiger partial charge is 0.497 e. The van der Waals surface area contributed by atoms with Gasteiger partial charge in [-0.15, -0.1) is 0 Å². The Morgan fingerprint density at radius 1 is 0.852 bits per heavy atom. The van der Waals surface area contributed by atoms with Gasteiger partial charge in [-0.05, 0) is 35.4 Å². The lowest BCUT2D eigenvalue weighted by molar-refractivity contribution is -0.119. The number of hydrogen-bond donors (Lipinski definition) is 1. The lowest BCUT2D eigenvalue weighted by Gasteiger charge is -2.24. The first-order valence-corrected chi connectivity index (χ1v) is 8.98. The number of hydrogen-bond acceptors (Lipinski definition) is 3. The zero-order chi connectivity index (χ0) is 18.9. The van der Waals surface area contributed by atoms with Gasteiger partial charge in [-0.2, -0.15) is 0 Å². The minimum Gasteiger partial charge on any atom is -0.497 e. The molecule has 27 heavy (non-hydrogen) atoms. The summed E-state index contributed by atoms with van der Waals surface area (Å²) in [6.07, 6.45) is 0. The van der Waals surface area contributed by atoms with Gasteiger partial charge in [0.1, 0.15) is 5.75 Å². The van der Waals surface area contributed by atoms with Gasteiger partial charge in [0.25, 0.3) is 0 Å². The van der Waals surface area contributed by atoms with E-state index in [9.17, 15) is 4.79 Å². The third-order valence-corrected chi connectivity index (χ3v) is 4.32. The van der Waals surface area contributed by atoms with Crippen molar-refractivity contribution in [3.05, 3.63) is 96.1 Å². The van der Waals surface area contributed by atoms with E-state index >= 15 is 0 Å². The normalized spacial score (nSPS) is 10.3. The highest BCUT2D eigenvalue weighted by molar-refractivity contribution is 5.81. The fraction of sp³-hybridized carbons (Fsp3) is 0.174. The van der Waals surface area contributed by atoms with Gasteiger partial charge in [-0.25, -0.2) is 0 Å². The van der Waals surface area contributed by atoms with Crippen LogP contribution in [0.15, 0.2) is 84.9 Å². The van der Waals surface area contributed by atoms with Crippen LogP contribution in [-0.2, 0) is 17.9 Å². The summed E-state index contributed by atoms with van der Waals surface area (Å²) >= 11 is 0. The first-order valence-electron chi connectivity index (χ1n) is 8.98. The van der Waals surface area contributed by atoms with Crippen LogP contribution in [0.25, 0.3) is 0 Å². The molecule has 0 aliphatic heterocycles. The fourth-order valence-electron chi connectivity index (χ4n) is 2.86. The van der Waals surface area contributed by atoms with Gasteiger partial charge in [0.2, 0.25) is 5.91 Å². The van der Waals surface area contributed by atoms with E-state index in [4.69, 9.17) is 4.74 Å². The Bertz CT molecular complexity index is 833. The Hall–Kier alpha value is -3.27. The molecule has 0 spiro atoms. The zero-order valence-corrected chi connectivity index (χ0v) is 15.5. The van der Waals surface area contributed by atoms with Crippen molar-refractivity contribution in [2.24, 2.45) is 0 Å². The van der Waals surface area contributed by atoms with Gasteiger partial charge in [0, 0.05) is 18.8 Å². The van der Waals surface area contributed by atoms with Crippen molar-refractivity contribution in [3.63, 3.8) is 0 Å². The van der Waals surface area contributed by atoms with Crippen molar-refractivity contribution in [1.29, 1.82) is 0 Å². The SMILES string of the molecule is COc1ccc(N(CC(=O)NCc2ccccc2)Cc2ccccc2)cc1. The van der Waals surface area contributed by atoms with E-state index in [0.29, 0.717) is 13.1 Å². The lowest BCUT2D eigenvalue weighted by atomic mass is 10.2. The van der Waals surface area contributed by atoms with Crippen molar-refractivity contribution in [2.45, 2.75) is 13.1 Å². The van der Waals surface area contributed by atoms with Crippen LogP contribution in [0.2, 0.25) is 0 Å². The van der Waals surface area contributed by atoms with Crippen LogP contribution in [0, 0.1) is 0 Å². The fourth-order valence-corrected chi connectivity index (χ4v) is 2.86. The van der Waals surface area contributed by atoms with Gasteiger partial charge < -0.3 is 15.0 Å². The van der Waals surface area contributed by atoms with Crippen molar-refractivity contribution >= 4 is 11.6 Å². The molecule has 0 fully saturated rings. The molecule has 0 heterocycles. The molecule has 1 N–H and O–H groups in total. The third kappa shape index (κ3) is 5.61. The number of anilines is 1. The smallest absolute Gasteiger partial charge is 0.239 e. The number of amides is 1. The van der Waals surface area contributed by atoms with Gasteiger partial charge >= 0.3 is 0 Å². The highest BCUT2D eigenvalue weighted by atomic mass is 16.5. The Morgan fingerprint density at radius 3 is 2.04 bits per heavy atom. The molecular weight excluding hydrogens is 336 g/mol. The molecular formula is C23H24N2O2. The van der Waals surface area contributed by atoms with E-state index in [-0.39, 0.29) is 12.5 Å². The Labute approximate surface area is 160 Å². The number of benzene rings is 3. The van der Waals surface area contributed by atoms with Crippen LogP contribution in [-0.4, -0.2) is 19.6 Å². The quantitative estimate of drug-likeness (QED) is 0.660. The first kappa shape index (κ1) is 18.5. The van der Waals surface area contributed by atoms with Gasteiger partial charge in [0.15, 0.2) is 0 Å². The van der Waals surface area contributed by atoms with Crippen LogP contribution in [0.3, 0.4) is 0 Å². The molecule has 3 rings (SSSR count). The van der Waals surface area contributed by atoms with E-state index in [0.717, 1.165) is 22.6 Å². The first-order chi connectivity index (χ1) is 13.2. The molecule has 4 nitrogen and oxygen atoms in total. The molecule has 1 amide bonds. The summed E-state index contributed by atoms with van der Waals surface area (Å²) in [5.41, 5.74) is 3.23. The molecule has 0 bridgehead atoms. The van der Waals surface area contributed by atoms with E-state index in [1.807, 2.05) is 72.8 Å². The summed E-state index contributed by atoms with van der Waals surface area (Å²) in [7, 11) is 1.65. The molecule has 0 saturated carbocycles. The van der Waals surface area contributed by atoms with Crippen molar-refractivity contribution < 1.29 is 9.53 Å². The molecule has 0 aromatic heterocycles. The second-order valence-electron chi connectivity index (χ2n) is 6.30. The molecule has 0 aliphatic carbocycles. The predicted octanol–water partition coefficient (Wildman–Crippen LogP) is 4.02. The molecule has 0 unspecified atom stereocenters. The predicted molar refractivity (Wildman–Crippen MR) is 109 cm³/mol. The van der Waals surface area contributed by atoms with Crippen molar-refractivity contribution in [1.82, 2.24) is 5.32 Å². The summed E-state index contributed by atoms with van der Waals surface area (Å²) in [6.45, 7) is 1.47. The van der Waals surface area contributed by atoms with Gasteiger partial charge in [-0.1, -0.05) is 60.7 Å². The topological polar surface area (TPSA) is 41.6 Å². The van der Waals surface area contributed by atoms with Crippen LogP contribution in [0.5, 0.6) is 5.75 Å².